The summed E-state index contributed by atoms with van der Waals surface area (Å²) < 4.78 is 0. The third-order valence-electron chi connectivity index (χ3n) is 7.23. The fourth-order valence-electron chi connectivity index (χ4n) is 5.19. The molecule has 0 aliphatic carbocycles. The molecule has 0 radical (unpaired) electrons. The van der Waals surface area contributed by atoms with Gasteiger partial charge in [0.1, 0.15) is 11.4 Å². The summed E-state index contributed by atoms with van der Waals surface area (Å²) in [6.45, 7) is 6.00. The highest BCUT2D eigenvalue weighted by molar-refractivity contribution is 6.31. The molecule has 0 amide bonds. The number of aromatic amines is 2. The largest absolute Gasteiger partial charge is 0.381 e. The molecule has 0 saturated carbocycles. The van der Waals surface area contributed by atoms with Crippen molar-refractivity contribution in [2.45, 2.75) is 18.9 Å². The van der Waals surface area contributed by atoms with E-state index in [4.69, 9.17) is 16.6 Å². The Labute approximate surface area is 208 Å². The van der Waals surface area contributed by atoms with Gasteiger partial charge in [-0.3, -0.25) is 4.79 Å². The molecule has 0 atom stereocenters. The Bertz CT molecular complexity index is 1430. The Morgan fingerprint density at radius 2 is 1.80 bits per heavy atom. The van der Waals surface area contributed by atoms with Crippen molar-refractivity contribution in [3.05, 3.63) is 51.8 Å². The summed E-state index contributed by atoms with van der Waals surface area (Å²) in [7, 11) is 2.16. The predicted octanol–water partition coefficient (Wildman–Crippen LogP) is 3.64. The van der Waals surface area contributed by atoms with Gasteiger partial charge in [-0.25, -0.2) is 4.98 Å². The van der Waals surface area contributed by atoms with Gasteiger partial charge in [0, 0.05) is 48.3 Å². The van der Waals surface area contributed by atoms with Crippen LogP contribution in [-0.2, 0) is 0 Å². The number of hydrogen-bond donors (Lipinski definition) is 4. The van der Waals surface area contributed by atoms with Crippen LogP contribution in [0.3, 0.4) is 0 Å². The van der Waals surface area contributed by atoms with Crippen LogP contribution in [0.25, 0.3) is 33.3 Å². The Hall–Kier alpha value is -3.07. The molecule has 2 aromatic carbocycles. The fraction of sp³-hybridized carbons (Fsp3) is 0.385. The second-order valence-corrected chi connectivity index (χ2v) is 10.1. The standard InChI is InChI=1S/C26H30ClN7O/c1-33-10-12-34(13-11-33)18-3-5-21-22(15-18)31-25(30-21)23-24(29-17-6-8-28-9-7-17)19-14-16(27)2-4-20(19)32-26(23)35/h2-5,14-15,17,28H,6-13H2,1H3,(H,30,31)(H2,29,32,35). The summed E-state index contributed by atoms with van der Waals surface area (Å²) in [5.74, 6) is 0.565. The van der Waals surface area contributed by atoms with E-state index >= 15 is 0 Å². The molecular weight excluding hydrogens is 462 g/mol. The summed E-state index contributed by atoms with van der Waals surface area (Å²) in [5, 5.41) is 8.60. The lowest BCUT2D eigenvalue weighted by atomic mass is 10.0. The number of aromatic nitrogens is 3. The van der Waals surface area contributed by atoms with E-state index in [1.165, 1.54) is 5.69 Å². The van der Waals surface area contributed by atoms with Crippen LogP contribution in [0.1, 0.15) is 12.8 Å². The molecule has 182 valence electrons. The Morgan fingerprint density at radius 3 is 2.60 bits per heavy atom. The van der Waals surface area contributed by atoms with E-state index < -0.39 is 0 Å². The minimum atomic E-state index is -0.172. The minimum absolute atomic E-state index is 0.172. The summed E-state index contributed by atoms with van der Waals surface area (Å²) in [6, 6.07) is 12.1. The van der Waals surface area contributed by atoms with E-state index in [1.807, 2.05) is 18.2 Å². The molecule has 6 rings (SSSR count). The number of H-pyrrole nitrogens is 2. The van der Waals surface area contributed by atoms with Crippen LogP contribution in [0.5, 0.6) is 0 Å². The van der Waals surface area contributed by atoms with Crippen molar-refractivity contribution in [1.82, 2.24) is 25.2 Å². The second-order valence-electron chi connectivity index (χ2n) is 9.64. The van der Waals surface area contributed by atoms with Crippen LogP contribution in [0, 0.1) is 0 Å². The van der Waals surface area contributed by atoms with E-state index in [0.717, 1.165) is 79.7 Å². The number of piperidine rings is 1. The number of halogens is 1. The molecule has 2 aliphatic heterocycles. The number of imidazole rings is 1. The quantitative estimate of drug-likeness (QED) is 0.348. The monoisotopic (exact) mass is 491 g/mol. The van der Waals surface area contributed by atoms with Crippen LogP contribution in [-0.4, -0.2) is 72.2 Å². The van der Waals surface area contributed by atoms with Gasteiger partial charge in [0.25, 0.3) is 5.56 Å². The first-order valence-electron chi connectivity index (χ1n) is 12.3. The first-order chi connectivity index (χ1) is 17.0. The van der Waals surface area contributed by atoms with Gasteiger partial charge in [0.05, 0.1) is 22.2 Å². The average Bonchev–Trinajstić information content (AvgIpc) is 3.28. The molecule has 4 N–H and O–H groups in total. The second kappa shape index (κ2) is 9.18. The first-order valence-corrected chi connectivity index (χ1v) is 12.7. The molecule has 0 unspecified atom stereocenters. The molecule has 8 nitrogen and oxygen atoms in total. The SMILES string of the molecule is CN1CCN(c2ccc3nc(-c4c(NC5CCNCC5)c5cc(Cl)ccc5[nH]c4=O)[nH]c3c2)CC1. The fourth-order valence-corrected chi connectivity index (χ4v) is 5.36. The first kappa shape index (κ1) is 22.4. The van der Waals surface area contributed by atoms with Crippen molar-refractivity contribution < 1.29 is 0 Å². The molecule has 2 fully saturated rings. The number of pyridine rings is 1. The molecule has 2 aliphatic rings. The minimum Gasteiger partial charge on any atom is -0.381 e. The molecule has 9 heteroatoms. The van der Waals surface area contributed by atoms with Crippen LogP contribution in [0.15, 0.2) is 41.2 Å². The lowest BCUT2D eigenvalue weighted by Crippen LogP contribution is -2.44. The van der Waals surface area contributed by atoms with Crippen molar-refractivity contribution in [1.29, 1.82) is 0 Å². The van der Waals surface area contributed by atoms with Crippen molar-refractivity contribution in [3.8, 4) is 11.4 Å². The molecule has 2 saturated heterocycles. The lowest BCUT2D eigenvalue weighted by molar-refractivity contribution is 0.313. The van der Waals surface area contributed by atoms with Crippen molar-refractivity contribution in [3.63, 3.8) is 0 Å². The van der Waals surface area contributed by atoms with E-state index in [-0.39, 0.29) is 11.6 Å². The van der Waals surface area contributed by atoms with Crippen LogP contribution in [0.4, 0.5) is 11.4 Å². The van der Waals surface area contributed by atoms with E-state index in [9.17, 15) is 4.79 Å². The summed E-state index contributed by atoms with van der Waals surface area (Å²) in [4.78, 5) is 29.4. The number of rotatable bonds is 4. The number of piperazine rings is 1. The predicted molar refractivity (Wildman–Crippen MR) is 144 cm³/mol. The number of nitrogens with zero attached hydrogens (tertiary/aromatic N) is 3. The zero-order valence-corrected chi connectivity index (χ0v) is 20.6. The topological polar surface area (TPSA) is 92.1 Å². The summed E-state index contributed by atoms with van der Waals surface area (Å²) >= 11 is 6.38. The third kappa shape index (κ3) is 4.37. The van der Waals surface area contributed by atoms with E-state index in [0.29, 0.717) is 16.4 Å². The van der Waals surface area contributed by atoms with Gasteiger partial charge in [-0.2, -0.15) is 0 Å². The van der Waals surface area contributed by atoms with E-state index in [1.54, 1.807) is 6.07 Å². The highest BCUT2D eigenvalue weighted by atomic mass is 35.5. The van der Waals surface area contributed by atoms with Gasteiger partial charge in [0.15, 0.2) is 0 Å². The number of nitrogens with one attached hydrogen (secondary N) is 4. The number of hydrogen-bond acceptors (Lipinski definition) is 6. The smallest absolute Gasteiger partial charge is 0.261 e. The number of likely N-dealkylation sites (N-methyl/N-ethyl adjacent to an activating group) is 1. The van der Waals surface area contributed by atoms with Crippen LogP contribution >= 0.6 is 11.6 Å². The van der Waals surface area contributed by atoms with Crippen molar-refractivity contribution in [2.24, 2.45) is 0 Å². The number of anilines is 2. The maximum Gasteiger partial charge on any atom is 0.261 e. The van der Waals surface area contributed by atoms with Gasteiger partial charge < -0.3 is 30.4 Å². The van der Waals surface area contributed by atoms with Gasteiger partial charge in [-0.1, -0.05) is 11.6 Å². The highest BCUT2D eigenvalue weighted by Gasteiger charge is 2.22. The van der Waals surface area contributed by atoms with E-state index in [2.05, 4.69) is 49.6 Å². The van der Waals surface area contributed by atoms with Crippen LogP contribution in [0.2, 0.25) is 5.02 Å². The van der Waals surface area contributed by atoms with Crippen molar-refractivity contribution >= 4 is 44.9 Å². The Morgan fingerprint density at radius 1 is 1.00 bits per heavy atom. The zero-order valence-electron chi connectivity index (χ0n) is 19.8. The Kier molecular flexibility index (Phi) is 5.88. The molecular formula is C26H30ClN7O. The summed E-state index contributed by atoms with van der Waals surface area (Å²) in [6.07, 6.45) is 1.98. The third-order valence-corrected chi connectivity index (χ3v) is 7.47. The zero-order chi connectivity index (χ0) is 23.9. The molecule has 0 spiro atoms. The maximum atomic E-state index is 13.4. The van der Waals surface area contributed by atoms with Crippen molar-refractivity contribution in [2.75, 3.05) is 56.5 Å². The van der Waals surface area contributed by atoms with Gasteiger partial charge in [-0.15, -0.1) is 0 Å². The molecule has 0 bridgehead atoms. The number of benzene rings is 2. The summed E-state index contributed by atoms with van der Waals surface area (Å²) in [5.41, 5.74) is 4.84. The average molecular weight is 492 g/mol. The maximum absolute atomic E-state index is 13.4. The van der Waals surface area contributed by atoms with Gasteiger partial charge in [-0.05, 0) is 69.4 Å². The normalized spacial score (nSPS) is 17.9. The highest BCUT2D eigenvalue weighted by Crippen LogP contribution is 2.34. The molecule has 35 heavy (non-hydrogen) atoms. The van der Waals surface area contributed by atoms with Crippen LogP contribution < -0.4 is 21.1 Å². The Balaban J connectivity index is 1.45. The van der Waals surface area contributed by atoms with Gasteiger partial charge in [0.2, 0.25) is 0 Å². The molecule has 4 heterocycles. The molecule has 2 aromatic heterocycles. The molecule has 4 aromatic rings. The number of fused-ring (bicyclic) bond motifs is 2. The van der Waals surface area contributed by atoms with Gasteiger partial charge >= 0.3 is 0 Å². The lowest BCUT2D eigenvalue weighted by Gasteiger charge is -2.34.